The second-order valence-electron chi connectivity index (χ2n) is 10.7. The summed E-state index contributed by atoms with van der Waals surface area (Å²) in [6, 6.07) is 10.8. The lowest BCUT2D eigenvalue weighted by Gasteiger charge is -2.26. The van der Waals surface area contributed by atoms with Gasteiger partial charge in [-0.1, -0.05) is 31.2 Å². The minimum Gasteiger partial charge on any atom is -0.481 e. The highest BCUT2D eigenvalue weighted by Gasteiger charge is 2.40. The fourth-order valence-corrected chi connectivity index (χ4v) is 7.63. The molecule has 2 aromatic rings. The molecule has 2 aromatic carbocycles. The molecule has 3 amide bonds. The van der Waals surface area contributed by atoms with Crippen LogP contribution in [0.25, 0.3) is 10.8 Å². The van der Waals surface area contributed by atoms with Gasteiger partial charge in [-0.3, -0.25) is 24.1 Å². The number of amides is 3. The van der Waals surface area contributed by atoms with Crippen LogP contribution in [-0.2, 0) is 19.4 Å². The standard InChI is InChI=1S/C27H33N3O7S/c1-27(8-11-38(36,37)16-27)15-29-23(31)19(12-20(6-9-28)26(34)35)7-10-30-24(32)21-13-17-4-2-3-5-18(17)14-22(21)25(30)33/h2-5,13-14,19-20H,6-12,15-16,28H2,1H3,(H,29,31)(H,34,35)/t19?,20-,27?/m0/s1. The Morgan fingerprint density at radius 3 is 2.18 bits per heavy atom. The van der Waals surface area contributed by atoms with E-state index < -0.39 is 50.8 Å². The lowest BCUT2D eigenvalue weighted by Crippen LogP contribution is -2.42. The lowest BCUT2D eigenvalue weighted by atomic mass is 9.87. The maximum absolute atomic E-state index is 13.2. The zero-order valence-electron chi connectivity index (χ0n) is 21.3. The number of carbonyl (C=O) groups excluding carboxylic acids is 3. The summed E-state index contributed by atoms with van der Waals surface area (Å²) < 4.78 is 23.9. The number of hydrogen-bond donors (Lipinski definition) is 3. The largest absolute Gasteiger partial charge is 0.481 e. The number of carbonyl (C=O) groups is 4. The molecule has 38 heavy (non-hydrogen) atoms. The summed E-state index contributed by atoms with van der Waals surface area (Å²) in [6.45, 7) is 2.01. The van der Waals surface area contributed by atoms with Crippen LogP contribution in [0.15, 0.2) is 36.4 Å². The number of aliphatic carboxylic acids is 1. The van der Waals surface area contributed by atoms with Gasteiger partial charge in [0.15, 0.2) is 9.84 Å². The Bertz CT molecular complexity index is 1340. The maximum Gasteiger partial charge on any atom is 0.306 e. The molecule has 2 unspecified atom stereocenters. The van der Waals surface area contributed by atoms with Crippen LogP contribution in [-0.4, -0.2) is 73.3 Å². The highest BCUT2D eigenvalue weighted by molar-refractivity contribution is 7.91. The Labute approximate surface area is 221 Å². The van der Waals surface area contributed by atoms with Crippen molar-refractivity contribution in [3.8, 4) is 0 Å². The van der Waals surface area contributed by atoms with Crippen LogP contribution in [0.1, 0.15) is 53.3 Å². The van der Waals surface area contributed by atoms with Gasteiger partial charge in [-0.2, -0.15) is 0 Å². The molecule has 204 valence electrons. The Balaban J connectivity index is 1.49. The van der Waals surface area contributed by atoms with E-state index in [1.807, 2.05) is 24.3 Å². The minimum absolute atomic E-state index is 0.0135. The third kappa shape index (κ3) is 5.88. The number of imide groups is 1. The Morgan fingerprint density at radius 1 is 1.08 bits per heavy atom. The monoisotopic (exact) mass is 543 g/mol. The first kappa shape index (κ1) is 27.7. The number of nitrogens with one attached hydrogen (secondary N) is 1. The fourth-order valence-electron chi connectivity index (χ4n) is 5.37. The molecule has 11 heteroatoms. The number of rotatable bonds is 11. The number of carboxylic acids is 1. The number of sulfone groups is 1. The molecule has 0 spiro atoms. The van der Waals surface area contributed by atoms with Crippen LogP contribution in [0.3, 0.4) is 0 Å². The molecule has 4 rings (SSSR count). The van der Waals surface area contributed by atoms with Crippen LogP contribution >= 0.6 is 0 Å². The topological polar surface area (TPSA) is 164 Å². The summed E-state index contributed by atoms with van der Waals surface area (Å²) in [4.78, 5) is 52.3. The first-order valence-corrected chi connectivity index (χ1v) is 14.6. The van der Waals surface area contributed by atoms with E-state index in [2.05, 4.69) is 5.32 Å². The number of carboxylic acid groups (broad SMARTS) is 1. The highest BCUT2D eigenvalue weighted by atomic mass is 32.2. The van der Waals surface area contributed by atoms with Crippen LogP contribution in [0.2, 0.25) is 0 Å². The molecule has 0 bridgehead atoms. The normalized spacial score (nSPS) is 21.9. The molecule has 1 saturated heterocycles. The van der Waals surface area contributed by atoms with Crippen molar-refractivity contribution < 1.29 is 32.7 Å². The van der Waals surface area contributed by atoms with Gasteiger partial charge in [0.1, 0.15) is 0 Å². The molecule has 0 aromatic heterocycles. The van der Waals surface area contributed by atoms with Crippen molar-refractivity contribution >= 4 is 44.3 Å². The van der Waals surface area contributed by atoms with Crippen molar-refractivity contribution in [2.75, 3.05) is 31.1 Å². The van der Waals surface area contributed by atoms with Crippen molar-refractivity contribution in [2.24, 2.45) is 23.0 Å². The van der Waals surface area contributed by atoms with Gasteiger partial charge >= 0.3 is 5.97 Å². The third-order valence-corrected chi connectivity index (χ3v) is 9.58. The van der Waals surface area contributed by atoms with Crippen LogP contribution < -0.4 is 11.1 Å². The van der Waals surface area contributed by atoms with Gasteiger partial charge in [-0.15, -0.1) is 0 Å². The van der Waals surface area contributed by atoms with Gasteiger partial charge in [0.2, 0.25) is 5.91 Å². The average molecular weight is 544 g/mol. The van der Waals surface area contributed by atoms with Gasteiger partial charge in [0.25, 0.3) is 11.8 Å². The number of fused-ring (bicyclic) bond motifs is 2. The third-order valence-electron chi connectivity index (χ3n) is 7.62. The zero-order chi connectivity index (χ0) is 27.7. The van der Waals surface area contributed by atoms with Gasteiger partial charge in [-0.05, 0) is 60.5 Å². The van der Waals surface area contributed by atoms with E-state index >= 15 is 0 Å². The summed E-state index contributed by atoms with van der Waals surface area (Å²) >= 11 is 0. The number of hydrogen-bond acceptors (Lipinski definition) is 7. The quantitative estimate of drug-likeness (QED) is 0.361. The minimum atomic E-state index is -3.16. The number of nitrogens with two attached hydrogens (primary N) is 1. The molecule has 0 aliphatic carbocycles. The second-order valence-corrected chi connectivity index (χ2v) is 12.9. The molecule has 10 nitrogen and oxygen atoms in total. The smallest absolute Gasteiger partial charge is 0.306 e. The first-order valence-electron chi connectivity index (χ1n) is 12.7. The van der Waals surface area contributed by atoms with Crippen LogP contribution in [0.5, 0.6) is 0 Å². The molecule has 2 heterocycles. The molecular formula is C27H33N3O7S. The van der Waals surface area contributed by atoms with E-state index in [0.29, 0.717) is 17.5 Å². The van der Waals surface area contributed by atoms with E-state index in [1.54, 1.807) is 19.1 Å². The molecule has 0 radical (unpaired) electrons. The van der Waals surface area contributed by atoms with Gasteiger partial charge in [-0.25, -0.2) is 8.42 Å². The van der Waals surface area contributed by atoms with Crippen molar-refractivity contribution in [2.45, 2.75) is 32.6 Å². The summed E-state index contributed by atoms with van der Waals surface area (Å²) in [7, 11) is -3.16. The van der Waals surface area contributed by atoms with E-state index in [9.17, 15) is 32.7 Å². The van der Waals surface area contributed by atoms with Gasteiger partial charge < -0.3 is 16.2 Å². The zero-order valence-corrected chi connectivity index (χ0v) is 22.1. The summed E-state index contributed by atoms with van der Waals surface area (Å²) in [5, 5.41) is 14.1. The van der Waals surface area contributed by atoms with Crippen LogP contribution in [0.4, 0.5) is 0 Å². The molecular weight excluding hydrogens is 510 g/mol. The second kappa shape index (κ2) is 10.8. The molecule has 0 saturated carbocycles. The van der Waals surface area contributed by atoms with E-state index in [4.69, 9.17) is 5.73 Å². The van der Waals surface area contributed by atoms with E-state index in [1.165, 1.54) is 0 Å². The Hall–Kier alpha value is -3.31. The van der Waals surface area contributed by atoms with Crippen LogP contribution in [0, 0.1) is 17.3 Å². The highest BCUT2D eigenvalue weighted by Crippen LogP contribution is 2.32. The Kier molecular flexibility index (Phi) is 7.89. The average Bonchev–Trinajstić information content (AvgIpc) is 3.29. The molecule has 3 atom stereocenters. The molecule has 2 aliphatic heterocycles. The molecule has 1 fully saturated rings. The summed E-state index contributed by atoms with van der Waals surface area (Å²) in [5.41, 5.74) is 5.59. The first-order chi connectivity index (χ1) is 17.9. The molecule has 4 N–H and O–H groups in total. The summed E-state index contributed by atoms with van der Waals surface area (Å²) in [6.07, 6.45) is 0.657. The SMILES string of the molecule is CC1(CNC(=O)C(CCN2C(=O)c3cc4ccccc4cc3C2=O)C[C@H](CCN)C(=O)O)CCS(=O)(=O)C1. The Morgan fingerprint density at radius 2 is 1.68 bits per heavy atom. The van der Waals surface area contributed by atoms with E-state index in [0.717, 1.165) is 15.7 Å². The van der Waals surface area contributed by atoms with Gasteiger partial charge in [0, 0.05) is 19.0 Å². The van der Waals surface area contributed by atoms with Crippen molar-refractivity contribution in [3.05, 3.63) is 47.5 Å². The van der Waals surface area contributed by atoms with Crippen molar-refractivity contribution in [1.29, 1.82) is 0 Å². The van der Waals surface area contributed by atoms with E-state index in [-0.39, 0.29) is 50.4 Å². The lowest BCUT2D eigenvalue weighted by molar-refractivity contribution is -0.143. The predicted molar refractivity (Wildman–Crippen MR) is 141 cm³/mol. The fraction of sp³-hybridized carbons (Fsp3) is 0.481. The van der Waals surface area contributed by atoms with Crippen molar-refractivity contribution in [1.82, 2.24) is 10.2 Å². The van der Waals surface area contributed by atoms with Crippen molar-refractivity contribution in [3.63, 3.8) is 0 Å². The van der Waals surface area contributed by atoms with Gasteiger partial charge in [0.05, 0.1) is 28.6 Å². The summed E-state index contributed by atoms with van der Waals surface area (Å²) in [5.74, 6) is -4.05. The number of benzene rings is 2. The maximum atomic E-state index is 13.2. The molecule has 2 aliphatic rings. The number of nitrogens with zero attached hydrogens (tertiary/aromatic N) is 1. The predicted octanol–water partition coefficient (Wildman–Crippen LogP) is 1.82.